The standard InChI is InChI=1S/C28H46N4O4/c1-27(2,3)36-26(33)31(5)16-15-30(4)19-23-20-32(24-9-6-7-18-35-24)29-25(23)22-10-13-28(14-11-22)12-8-17-34-21-28/h10,20,24H,6-9,11-19,21H2,1-5H3. The quantitative estimate of drug-likeness (QED) is 0.508. The van der Waals surface area contributed by atoms with Gasteiger partial charge < -0.3 is 24.0 Å². The Balaban J connectivity index is 1.44. The molecule has 0 saturated carbocycles. The van der Waals surface area contributed by atoms with Crippen LogP contribution in [0.4, 0.5) is 4.79 Å². The van der Waals surface area contributed by atoms with Crippen molar-refractivity contribution in [2.24, 2.45) is 5.41 Å². The predicted molar refractivity (Wildman–Crippen MR) is 141 cm³/mol. The zero-order chi connectivity index (χ0) is 25.8. The van der Waals surface area contributed by atoms with Crippen LogP contribution in [0.15, 0.2) is 12.3 Å². The first-order valence-electron chi connectivity index (χ1n) is 13.7. The van der Waals surface area contributed by atoms with Gasteiger partial charge in [0.15, 0.2) is 0 Å². The highest BCUT2D eigenvalue weighted by Crippen LogP contribution is 2.44. The van der Waals surface area contributed by atoms with E-state index in [1.807, 2.05) is 20.8 Å². The van der Waals surface area contributed by atoms with Gasteiger partial charge in [-0.2, -0.15) is 5.10 Å². The molecule has 1 amide bonds. The Morgan fingerprint density at radius 2 is 2.03 bits per heavy atom. The van der Waals surface area contributed by atoms with Crippen molar-refractivity contribution in [3.8, 4) is 0 Å². The summed E-state index contributed by atoms with van der Waals surface area (Å²) in [4.78, 5) is 16.2. The topological polar surface area (TPSA) is 69.1 Å². The molecule has 0 N–H and O–H groups in total. The molecule has 0 aromatic carbocycles. The fourth-order valence-electron chi connectivity index (χ4n) is 5.44. The zero-order valence-electron chi connectivity index (χ0n) is 23.1. The SMILES string of the molecule is CN(CCN(C)C(=O)OC(C)(C)C)Cc1cn(C2CCCCO2)nc1C1=CCC2(CCCOC2)CC1. The van der Waals surface area contributed by atoms with Crippen LogP contribution >= 0.6 is 0 Å². The predicted octanol–water partition coefficient (Wildman–Crippen LogP) is 5.25. The van der Waals surface area contributed by atoms with Crippen molar-refractivity contribution in [3.05, 3.63) is 23.5 Å². The summed E-state index contributed by atoms with van der Waals surface area (Å²) in [6.07, 6.45) is 13.4. The fourth-order valence-corrected chi connectivity index (χ4v) is 5.44. The number of amides is 1. The molecule has 1 aromatic heterocycles. The molecule has 2 saturated heterocycles. The highest BCUT2D eigenvalue weighted by Gasteiger charge is 2.35. The van der Waals surface area contributed by atoms with Gasteiger partial charge in [-0.25, -0.2) is 9.48 Å². The summed E-state index contributed by atoms with van der Waals surface area (Å²) >= 11 is 0. The van der Waals surface area contributed by atoms with E-state index in [2.05, 4.69) is 28.9 Å². The second kappa shape index (κ2) is 11.7. The van der Waals surface area contributed by atoms with Crippen LogP contribution in [0.2, 0.25) is 0 Å². The lowest BCUT2D eigenvalue weighted by Gasteiger charge is -2.39. The van der Waals surface area contributed by atoms with E-state index in [1.54, 1.807) is 11.9 Å². The molecule has 4 rings (SSSR count). The smallest absolute Gasteiger partial charge is 0.410 e. The normalized spacial score (nSPS) is 25.2. The monoisotopic (exact) mass is 502 g/mol. The number of aromatic nitrogens is 2. The van der Waals surface area contributed by atoms with E-state index in [0.29, 0.717) is 12.0 Å². The number of hydrogen-bond donors (Lipinski definition) is 0. The van der Waals surface area contributed by atoms with Crippen molar-refractivity contribution in [2.45, 2.75) is 90.5 Å². The van der Waals surface area contributed by atoms with Crippen molar-refractivity contribution < 1.29 is 19.0 Å². The number of carbonyl (C=O) groups is 1. The number of likely N-dealkylation sites (N-methyl/N-ethyl adjacent to an activating group) is 2. The van der Waals surface area contributed by atoms with Gasteiger partial charge in [0, 0.05) is 51.7 Å². The molecule has 0 bridgehead atoms. The lowest BCUT2D eigenvalue weighted by Crippen LogP contribution is -2.38. The average Bonchev–Trinajstić information content (AvgIpc) is 3.26. The average molecular weight is 503 g/mol. The fraction of sp³-hybridized carbons (Fsp3) is 0.786. The van der Waals surface area contributed by atoms with Gasteiger partial charge >= 0.3 is 6.09 Å². The summed E-state index contributed by atoms with van der Waals surface area (Å²) in [7, 11) is 3.90. The van der Waals surface area contributed by atoms with Crippen LogP contribution in [0.1, 0.15) is 89.6 Å². The number of nitrogens with zero attached hydrogens (tertiary/aromatic N) is 4. The Bertz CT molecular complexity index is 907. The van der Waals surface area contributed by atoms with Gasteiger partial charge in [-0.15, -0.1) is 0 Å². The second-order valence-corrected chi connectivity index (χ2v) is 12.0. The summed E-state index contributed by atoms with van der Waals surface area (Å²) in [5, 5.41) is 5.09. The first-order chi connectivity index (χ1) is 17.1. The lowest BCUT2D eigenvalue weighted by atomic mass is 9.71. The molecule has 8 nitrogen and oxygen atoms in total. The van der Waals surface area contributed by atoms with E-state index in [9.17, 15) is 4.79 Å². The molecule has 3 aliphatic rings. The molecule has 1 aromatic rings. The summed E-state index contributed by atoms with van der Waals surface area (Å²) in [6.45, 7) is 10.4. The molecule has 1 aliphatic carbocycles. The first kappa shape index (κ1) is 27.1. The first-order valence-corrected chi connectivity index (χ1v) is 13.7. The Hall–Kier alpha value is -1.90. The van der Waals surface area contributed by atoms with E-state index in [1.165, 1.54) is 36.8 Å². The molecule has 2 unspecified atom stereocenters. The maximum Gasteiger partial charge on any atom is 0.410 e. The van der Waals surface area contributed by atoms with Gasteiger partial charge in [-0.3, -0.25) is 0 Å². The third kappa shape index (κ3) is 7.11. The van der Waals surface area contributed by atoms with E-state index in [4.69, 9.17) is 19.3 Å². The maximum absolute atomic E-state index is 12.3. The van der Waals surface area contributed by atoms with Crippen LogP contribution in [-0.2, 0) is 20.8 Å². The van der Waals surface area contributed by atoms with E-state index in [-0.39, 0.29) is 12.3 Å². The summed E-state index contributed by atoms with van der Waals surface area (Å²) in [5.74, 6) is 0. The van der Waals surface area contributed by atoms with Crippen LogP contribution in [0, 0.1) is 5.41 Å². The van der Waals surface area contributed by atoms with Gasteiger partial charge in [0.1, 0.15) is 11.8 Å². The van der Waals surface area contributed by atoms with Gasteiger partial charge in [-0.1, -0.05) is 6.08 Å². The Labute approximate surface area is 216 Å². The van der Waals surface area contributed by atoms with Crippen LogP contribution < -0.4 is 0 Å². The number of carbonyl (C=O) groups excluding carboxylic acids is 1. The third-order valence-electron chi connectivity index (χ3n) is 7.64. The van der Waals surface area contributed by atoms with Gasteiger partial charge in [-0.05, 0) is 90.2 Å². The Morgan fingerprint density at radius 3 is 2.67 bits per heavy atom. The molecule has 0 radical (unpaired) electrons. The molecule has 2 aliphatic heterocycles. The summed E-state index contributed by atoms with van der Waals surface area (Å²) < 4.78 is 19.4. The molecular weight excluding hydrogens is 456 g/mol. The van der Waals surface area contributed by atoms with Crippen molar-refractivity contribution in [3.63, 3.8) is 0 Å². The van der Waals surface area contributed by atoms with Crippen LogP contribution in [0.25, 0.3) is 5.57 Å². The number of allylic oxidation sites excluding steroid dienone is 2. The molecule has 8 heteroatoms. The Morgan fingerprint density at radius 1 is 1.19 bits per heavy atom. The number of rotatable bonds is 7. The molecule has 2 fully saturated rings. The Kier molecular flexibility index (Phi) is 8.79. The minimum atomic E-state index is -0.488. The highest BCUT2D eigenvalue weighted by atomic mass is 16.6. The molecule has 36 heavy (non-hydrogen) atoms. The van der Waals surface area contributed by atoms with E-state index < -0.39 is 5.60 Å². The van der Waals surface area contributed by atoms with Crippen molar-refractivity contribution >= 4 is 11.7 Å². The molecule has 2 atom stereocenters. The number of ether oxygens (including phenoxy) is 3. The van der Waals surface area contributed by atoms with Gasteiger partial charge in [0.25, 0.3) is 0 Å². The number of hydrogen-bond acceptors (Lipinski definition) is 6. The zero-order valence-corrected chi connectivity index (χ0v) is 23.1. The van der Waals surface area contributed by atoms with Crippen LogP contribution in [0.5, 0.6) is 0 Å². The van der Waals surface area contributed by atoms with Gasteiger partial charge in [0.2, 0.25) is 0 Å². The third-order valence-corrected chi connectivity index (χ3v) is 7.64. The van der Waals surface area contributed by atoms with Gasteiger partial charge in [0.05, 0.1) is 12.3 Å². The van der Waals surface area contributed by atoms with Crippen LogP contribution in [-0.4, -0.2) is 78.3 Å². The maximum atomic E-state index is 12.3. The molecule has 1 spiro atoms. The van der Waals surface area contributed by atoms with Crippen molar-refractivity contribution in [1.82, 2.24) is 19.6 Å². The van der Waals surface area contributed by atoms with E-state index in [0.717, 1.165) is 64.3 Å². The van der Waals surface area contributed by atoms with Crippen LogP contribution in [0.3, 0.4) is 0 Å². The minimum Gasteiger partial charge on any atom is -0.444 e. The van der Waals surface area contributed by atoms with E-state index >= 15 is 0 Å². The second-order valence-electron chi connectivity index (χ2n) is 12.0. The summed E-state index contributed by atoms with van der Waals surface area (Å²) in [5.41, 5.74) is 3.53. The minimum absolute atomic E-state index is 0.0251. The summed E-state index contributed by atoms with van der Waals surface area (Å²) in [6, 6.07) is 0. The molecular formula is C28H46N4O4. The highest BCUT2D eigenvalue weighted by molar-refractivity contribution is 5.67. The van der Waals surface area contributed by atoms with Crippen molar-refractivity contribution in [2.75, 3.05) is 47.0 Å². The largest absolute Gasteiger partial charge is 0.444 e. The molecule has 3 heterocycles. The molecule has 202 valence electrons. The lowest BCUT2D eigenvalue weighted by molar-refractivity contribution is -0.0396. The van der Waals surface area contributed by atoms with Crippen molar-refractivity contribution in [1.29, 1.82) is 0 Å².